The molecular formula is C18H21BrFNO. The molecule has 2 unspecified atom stereocenters. The van der Waals surface area contributed by atoms with E-state index in [9.17, 15) is 9.18 Å². The molecule has 0 spiro atoms. The molecule has 5 rings (SSSR count). The quantitative estimate of drug-likeness (QED) is 0.800. The number of carbonyl (C=O) groups is 1. The number of benzene rings is 1. The topological polar surface area (TPSA) is 29.1 Å². The van der Waals surface area contributed by atoms with E-state index in [4.69, 9.17) is 0 Å². The van der Waals surface area contributed by atoms with Crippen LogP contribution in [0.4, 0.5) is 4.39 Å². The summed E-state index contributed by atoms with van der Waals surface area (Å²) in [5.74, 6) is 1.25. The van der Waals surface area contributed by atoms with E-state index in [-0.39, 0.29) is 28.0 Å². The molecule has 1 aromatic carbocycles. The lowest BCUT2D eigenvalue weighted by Crippen LogP contribution is -2.58. The van der Waals surface area contributed by atoms with Crippen LogP contribution in [-0.4, -0.2) is 10.2 Å². The van der Waals surface area contributed by atoms with Gasteiger partial charge in [0.2, 0.25) is 5.91 Å². The van der Waals surface area contributed by atoms with Crippen LogP contribution in [0.15, 0.2) is 24.3 Å². The van der Waals surface area contributed by atoms with Crippen LogP contribution in [0.2, 0.25) is 0 Å². The Morgan fingerprint density at radius 3 is 2.55 bits per heavy atom. The molecule has 4 saturated carbocycles. The summed E-state index contributed by atoms with van der Waals surface area (Å²) in [7, 11) is 0. The highest BCUT2D eigenvalue weighted by Gasteiger charge is 2.59. The summed E-state index contributed by atoms with van der Waals surface area (Å²) >= 11 is 3.93. The summed E-state index contributed by atoms with van der Waals surface area (Å²) in [6, 6.07) is 6.66. The number of hydrogen-bond acceptors (Lipinski definition) is 1. The fourth-order valence-corrected chi connectivity index (χ4v) is 6.87. The van der Waals surface area contributed by atoms with E-state index in [2.05, 4.69) is 21.2 Å². The van der Waals surface area contributed by atoms with Gasteiger partial charge in [0.1, 0.15) is 5.82 Å². The zero-order valence-electron chi connectivity index (χ0n) is 12.6. The number of nitrogens with one attached hydrogen (secondary N) is 1. The molecule has 4 fully saturated rings. The average Bonchev–Trinajstić information content (AvgIpc) is 2.43. The van der Waals surface area contributed by atoms with Crippen LogP contribution in [0, 0.1) is 23.1 Å². The molecule has 4 aliphatic carbocycles. The Kier molecular flexibility index (Phi) is 3.37. The highest BCUT2D eigenvalue weighted by molar-refractivity contribution is 9.10. The maximum Gasteiger partial charge on any atom is 0.226 e. The van der Waals surface area contributed by atoms with Gasteiger partial charge in [-0.2, -0.15) is 0 Å². The van der Waals surface area contributed by atoms with Crippen LogP contribution in [0.3, 0.4) is 0 Å². The van der Waals surface area contributed by atoms with Crippen LogP contribution >= 0.6 is 15.9 Å². The summed E-state index contributed by atoms with van der Waals surface area (Å²) in [6.07, 6.45) is 6.68. The lowest BCUT2D eigenvalue weighted by atomic mass is 9.49. The summed E-state index contributed by atoms with van der Waals surface area (Å²) < 4.78 is 13.9. The lowest BCUT2D eigenvalue weighted by Gasteiger charge is -2.59. The van der Waals surface area contributed by atoms with Crippen molar-refractivity contribution < 1.29 is 9.18 Å². The molecule has 0 aliphatic heterocycles. The number of alkyl halides is 1. The predicted octanol–water partition coefficient (Wildman–Crippen LogP) is 4.18. The summed E-state index contributed by atoms with van der Waals surface area (Å²) in [6.45, 7) is 0.290. The van der Waals surface area contributed by atoms with Crippen LogP contribution in [0.1, 0.15) is 44.1 Å². The van der Waals surface area contributed by atoms with Gasteiger partial charge in [-0.1, -0.05) is 34.1 Å². The van der Waals surface area contributed by atoms with Crippen LogP contribution in [0.25, 0.3) is 0 Å². The van der Waals surface area contributed by atoms with Crippen molar-refractivity contribution in [2.75, 3.05) is 0 Å². The first-order valence-corrected chi connectivity index (χ1v) is 8.98. The van der Waals surface area contributed by atoms with Crippen molar-refractivity contribution in [3.8, 4) is 0 Å². The van der Waals surface area contributed by atoms with Crippen LogP contribution in [-0.2, 0) is 11.3 Å². The van der Waals surface area contributed by atoms with Gasteiger partial charge in [-0.15, -0.1) is 0 Å². The Balaban J connectivity index is 1.50. The van der Waals surface area contributed by atoms with Crippen molar-refractivity contribution in [3.63, 3.8) is 0 Å². The van der Waals surface area contributed by atoms with Gasteiger partial charge in [0.25, 0.3) is 0 Å². The van der Waals surface area contributed by atoms with Gasteiger partial charge in [0.15, 0.2) is 0 Å². The van der Waals surface area contributed by atoms with Gasteiger partial charge in [-0.05, 0) is 56.4 Å². The van der Waals surface area contributed by atoms with Gasteiger partial charge >= 0.3 is 0 Å². The molecule has 4 heteroatoms. The molecule has 1 N–H and O–H groups in total. The second-order valence-corrected chi connectivity index (χ2v) is 9.35. The molecule has 0 heterocycles. The number of halogens is 2. The second-order valence-electron chi connectivity index (χ2n) is 7.67. The lowest BCUT2D eigenvalue weighted by molar-refractivity contribution is -0.144. The first kappa shape index (κ1) is 14.7. The van der Waals surface area contributed by atoms with E-state index in [1.54, 1.807) is 12.1 Å². The summed E-state index contributed by atoms with van der Waals surface area (Å²) in [5.41, 5.74) is 0.341. The van der Waals surface area contributed by atoms with Gasteiger partial charge in [0, 0.05) is 16.4 Å². The Morgan fingerprint density at radius 2 is 1.91 bits per heavy atom. The Morgan fingerprint density at radius 1 is 1.23 bits per heavy atom. The Bertz CT molecular complexity index is 603. The number of carbonyl (C=O) groups excluding carboxylic acids is 1. The van der Waals surface area contributed by atoms with E-state index in [1.807, 2.05) is 6.07 Å². The second kappa shape index (κ2) is 5.05. The average molecular weight is 366 g/mol. The Labute approximate surface area is 139 Å². The smallest absolute Gasteiger partial charge is 0.226 e. The molecule has 0 radical (unpaired) electrons. The molecule has 0 saturated heterocycles. The van der Waals surface area contributed by atoms with E-state index in [0.717, 1.165) is 19.3 Å². The highest BCUT2D eigenvalue weighted by Crippen LogP contribution is 2.64. The Hall–Kier alpha value is -0.900. The monoisotopic (exact) mass is 365 g/mol. The van der Waals surface area contributed by atoms with Crippen molar-refractivity contribution in [2.24, 2.45) is 17.3 Å². The maximum absolute atomic E-state index is 13.7. The molecule has 1 amide bonds. The molecular weight excluding hydrogens is 345 g/mol. The standard InChI is InChI=1S/C18H21BrFNO/c19-18-8-12-5-13(9-18)7-17(6-12,11-18)16(22)21-10-14-3-1-2-4-15(14)20/h1-4,12-13H,5-11H2,(H,21,22). The van der Waals surface area contributed by atoms with Crippen molar-refractivity contribution in [3.05, 3.63) is 35.6 Å². The van der Waals surface area contributed by atoms with Gasteiger partial charge < -0.3 is 5.32 Å². The van der Waals surface area contributed by atoms with Gasteiger partial charge in [-0.3, -0.25) is 4.79 Å². The number of rotatable bonds is 3. The third-order valence-corrected chi connectivity index (χ3v) is 6.80. The summed E-state index contributed by atoms with van der Waals surface area (Å²) in [4.78, 5) is 12.9. The zero-order chi connectivity index (χ0) is 15.4. The van der Waals surface area contributed by atoms with Crippen molar-refractivity contribution in [2.45, 2.75) is 49.4 Å². The molecule has 2 nitrogen and oxygen atoms in total. The van der Waals surface area contributed by atoms with Crippen LogP contribution < -0.4 is 5.32 Å². The SMILES string of the molecule is O=C(NCc1ccccc1F)C12CC3CC(CC(Br)(C3)C1)C2. The fraction of sp³-hybridized carbons (Fsp3) is 0.611. The van der Waals surface area contributed by atoms with Gasteiger partial charge in [-0.25, -0.2) is 4.39 Å². The van der Waals surface area contributed by atoms with E-state index in [0.29, 0.717) is 17.4 Å². The molecule has 4 bridgehead atoms. The van der Waals surface area contributed by atoms with Crippen molar-refractivity contribution in [1.29, 1.82) is 0 Å². The van der Waals surface area contributed by atoms with Crippen molar-refractivity contribution >= 4 is 21.8 Å². The largest absolute Gasteiger partial charge is 0.351 e. The van der Waals surface area contributed by atoms with E-state index >= 15 is 0 Å². The number of hydrogen-bond donors (Lipinski definition) is 1. The van der Waals surface area contributed by atoms with Crippen LogP contribution in [0.5, 0.6) is 0 Å². The zero-order valence-corrected chi connectivity index (χ0v) is 14.2. The third kappa shape index (κ3) is 2.40. The third-order valence-electron chi connectivity index (χ3n) is 5.87. The molecule has 4 aliphatic rings. The normalized spacial score (nSPS) is 39.0. The number of amides is 1. The fourth-order valence-electron chi connectivity index (χ4n) is 5.42. The minimum atomic E-state index is -0.245. The molecule has 22 heavy (non-hydrogen) atoms. The van der Waals surface area contributed by atoms with E-state index < -0.39 is 0 Å². The molecule has 118 valence electrons. The first-order valence-electron chi connectivity index (χ1n) is 8.19. The van der Waals surface area contributed by atoms with Crippen molar-refractivity contribution in [1.82, 2.24) is 5.32 Å². The maximum atomic E-state index is 13.7. The molecule has 2 atom stereocenters. The molecule has 0 aromatic heterocycles. The minimum absolute atomic E-state index is 0.133. The molecule has 1 aromatic rings. The highest BCUT2D eigenvalue weighted by atomic mass is 79.9. The minimum Gasteiger partial charge on any atom is -0.351 e. The predicted molar refractivity (Wildman–Crippen MR) is 87.0 cm³/mol. The summed E-state index contributed by atoms with van der Waals surface area (Å²) in [5, 5.41) is 3.01. The van der Waals surface area contributed by atoms with Gasteiger partial charge in [0.05, 0.1) is 5.41 Å². The van der Waals surface area contributed by atoms with E-state index in [1.165, 1.54) is 25.3 Å². The first-order chi connectivity index (χ1) is 10.5.